The molecule has 1 N–H and O–H groups in total. The van der Waals surface area contributed by atoms with Gasteiger partial charge in [0, 0.05) is 17.1 Å². The Hall–Kier alpha value is -2.59. The second-order valence-corrected chi connectivity index (χ2v) is 8.86. The molecule has 0 aromatic heterocycles. The molecule has 1 atom stereocenters. The maximum atomic E-state index is 13.0. The summed E-state index contributed by atoms with van der Waals surface area (Å²) >= 11 is 6.09. The fourth-order valence-corrected chi connectivity index (χ4v) is 3.93. The summed E-state index contributed by atoms with van der Waals surface area (Å²) in [5.41, 5.74) is 3.47. The third kappa shape index (κ3) is 3.82. The van der Waals surface area contributed by atoms with Crippen LogP contribution >= 0.6 is 11.6 Å². The number of carbonyl (C=O) groups is 2. The van der Waals surface area contributed by atoms with Gasteiger partial charge in [0.25, 0.3) is 5.91 Å². The molecule has 0 aliphatic carbocycles. The normalized spacial score (nSPS) is 17.2. The summed E-state index contributed by atoms with van der Waals surface area (Å²) in [5.74, 6) is -1.29. The minimum absolute atomic E-state index is 0.0173. The van der Waals surface area contributed by atoms with E-state index in [1.54, 1.807) is 25.1 Å². The molecule has 1 amide bonds. The number of Topliss-reactive ketones (excluding diaryl/α,β-unsaturated/α-hetero) is 1. The van der Waals surface area contributed by atoms with Gasteiger partial charge >= 0.3 is 0 Å². The molecule has 1 heterocycles. The highest BCUT2D eigenvalue weighted by Crippen LogP contribution is 2.43. The Morgan fingerprint density at radius 1 is 1.14 bits per heavy atom. The molecule has 0 fully saturated rings. The van der Waals surface area contributed by atoms with E-state index in [1.165, 1.54) is 4.90 Å². The fourth-order valence-electron chi connectivity index (χ4n) is 3.70. The van der Waals surface area contributed by atoms with Crippen molar-refractivity contribution < 1.29 is 14.7 Å². The number of aliphatic hydroxyl groups is 1. The highest BCUT2D eigenvalue weighted by molar-refractivity contribution is 6.30. The molecular formula is C24H26ClNO3. The number of rotatable bonds is 4. The number of hydrogen-bond acceptors (Lipinski definition) is 3. The average molecular weight is 412 g/mol. The number of carbonyl (C=O) groups excluding carboxylic acids is 2. The number of aliphatic hydroxyl groups excluding tert-OH is 1. The van der Waals surface area contributed by atoms with Crippen LogP contribution in [0.3, 0.4) is 0 Å². The molecule has 0 radical (unpaired) electrons. The first kappa shape index (κ1) is 21.1. The lowest BCUT2D eigenvalue weighted by Gasteiger charge is -2.29. The minimum atomic E-state index is -0.677. The molecule has 152 valence electrons. The molecule has 0 bridgehead atoms. The van der Waals surface area contributed by atoms with Crippen LogP contribution in [0.1, 0.15) is 56.8 Å². The van der Waals surface area contributed by atoms with Gasteiger partial charge in [-0.05, 0) is 47.2 Å². The van der Waals surface area contributed by atoms with Crippen molar-refractivity contribution in [2.45, 2.75) is 52.5 Å². The van der Waals surface area contributed by atoms with E-state index in [2.05, 4.69) is 20.8 Å². The maximum absolute atomic E-state index is 13.0. The van der Waals surface area contributed by atoms with Crippen molar-refractivity contribution in [3.8, 4) is 0 Å². The van der Waals surface area contributed by atoms with E-state index in [0.29, 0.717) is 10.7 Å². The first-order valence-corrected chi connectivity index (χ1v) is 10.1. The summed E-state index contributed by atoms with van der Waals surface area (Å²) in [6, 6.07) is 12.4. The number of anilines is 1. The number of nitrogens with zero attached hydrogens (tertiary/aromatic N) is 1. The second-order valence-electron chi connectivity index (χ2n) is 8.42. The van der Waals surface area contributed by atoms with Crippen molar-refractivity contribution in [3.05, 3.63) is 75.5 Å². The molecule has 0 saturated heterocycles. The van der Waals surface area contributed by atoms with Crippen molar-refractivity contribution in [2.24, 2.45) is 0 Å². The van der Waals surface area contributed by atoms with E-state index in [9.17, 15) is 14.7 Å². The SMILES string of the molecule is CCC(=O)C1=C(O)C(=O)N(c2ccc(Cl)cc2C)C1c1ccc(C(C)(C)C)cc1. The Balaban J connectivity index is 2.18. The predicted octanol–water partition coefficient (Wildman–Crippen LogP) is 5.83. The molecule has 2 aromatic carbocycles. The van der Waals surface area contributed by atoms with Crippen LogP contribution in [0.4, 0.5) is 5.69 Å². The van der Waals surface area contributed by atoms with Gasteiger partial charge in [0.05, 0.1) is 11.6 Å². The van der Waals surface area contributed by atoms with Gasteiger partial charge in [-0.25, -0.2) is 0 Å². The van der Waals surface area contributed by atoms with Gasteiger partial charge in [-0.1, -0.05) is 63.6 Å². The monoisotopic (exact) mass is 411 g/mol. The van der Waals surface area contributed by atoms with Gasteiger partial charge in [0.1, 0.15) is 0 Å². The average Bonchev–Trinajstić information content (AvgIpc) is 2.92. The molecule has 29 heavy (non-hydrogen) atoms. The largest absolute Gasteiger partial charge is 0.503 e. The van der Waals surface area contributed by atoms with E-state index in [-0.39, 0.29) is 23.2 Å². The molecule has 0 spiro atoms. The zero-order valence-corrected chi connectivity index (χ0v) is 18.2. The van der Waals surface area contributed by atoms with E-state index in [4.69, 9.17) is 11.6 Å². The van der Waals surface area contributed by atoms with Gasteiger partial charge in [-0.3, -0.25) is 14.5 Å². The van der Waals surface area contributed by atoms with E-state index < -0.39 is 17.7 Å². The van der Waals surface area contributed by atoms with Crippen LogP contribution in [-0.2, 0) is 15.0 Å². The summed E-state index contributed by atoms with van der Waals surface area (Å²) < 4.78 is 0. The molecule has 0 saturated carbocycles. The zero-order chi connectivity index (χ0) is 21.5. The summed E-state index contributed by atoms with van der Waals surface area (Å²) in [7, 11) is 0. The van der Waals surface area contributed by atoms with Crippen LogP contribution in [0, 0.1) is 6.92 Å². The van der Waals surface area contributed by atoms with Crippen molar-refractivity contribution >= 4 is 29.0 Å². The number of amides is 1. The number of aryl methyl sites for hydroxylation is 1. The van der Waals surface area contributed by atoms with Gasteiger partial charge in [0.2, 0.25) is 0 Å². The third-order valence-electron chi connectivity index (χ3n) is 5.34. The van der Waals surface area contributed by atoms with Crippen molar-refractivity contribution in [1.82, 2.24) is 0 Å². The van der Waals surface area contributed by atoms with Gasteiger partial charge in [-0.15, -0.1) is 0 Å². The summed E-state index contributed by atoms with van der Waals surface area (Å²) in [4.78, 5) is 27.2. The lowest BCUT2D eigenvalue weighted by molar-refractivity contribution is -0.118. The quantitative estimate of drug-likeness (QED) is 0.689. The van der Waals surface area contributed by atoms with E-state index in [0.717, 1.165) is 16.7 Å². The topological polar surface area (TPSA) is 57.6 Å². The van der Waals surface area contributed by atoms with Crippen molar-refractivity contribution in [2.75, 3.05) is 4.90 Å². The number of benzene rings is 2. The smallest absolute Gasteiger partial charge is 0.294 e. The second kappa shape index (κ2) is 7.68. The molecule has 1 aliphatic rings. The first-order chi connectivity index (χ1) is 13.6. The standard InChI is InChI=1S/C24H26ClNO3/c1-6-19(27)20-21(15-7-9-16(10-8-15)24(3,4)5)26(23(29)22(20)28)18-12-11-17(25)13-14(18)2/h7-13,21,28H,6H2,1-5H3. The summed E-state index contributed by atoms with van der Waals surface area (Å²) in [5, 5.41) is 11.2. The Labute approximate surface area is 176 Å². The molecule has 1 unspecified atom stereocenters. The van der Waals surface area contributed by atoms with Crippen LogP contribution in [-0.4, -0.2) is 16.8 Å². The zero-order valence-electron chi connectivity index (χ0n) is 17.4. The fraction of sp³-hybridized carbons (Fsp3) is 0.333. The lowest BCUT2D eigenvalue weighted by atomic mass is 9.85. The predicted molar refractivity (Wildman–Crippen MR) is 117 cm³/mol. The molecule has 4 nitrogen and oxygen atoms in total. The highest BCUT2D eigenvalue weighted by atomic mass is 35.5. The molecule has 2 aromatic rings. The van der Waals surface area contributed by atoms with E-state index in [1.807, 2.05) is 31.2 Å². The van der Waals surface area contributed by atoms with Crippen molar-refractivity contribution in [3.63, 3.8) is 0 Å². The van der Waals surface area contributed by atoms with Crippen LogP contribution in [0.15, 0.2) is 53.8 Å². The number of ketones is 1. The third-order valence-corrected chi connectivity index (χ3v) is 5.58. The van der Waals surface area contributed by atoms with Gasteiger partial charge < -0.3 is 5.11 Å². The highest BCUT2D eigenvalue weighted by Gasteiger charge is 2.44. The van der Waals surface area contributed by atoms with Crippen LogP contribution in [0.5, 0.6) is 0 Å². The van der Waals surface area contributed by atoms with Crippen LogP contribution in [0.25, 0.3) is 0 Å². The molecule has 5 heteroatoms. The summed E-state index contributed by atoms with van der Waals surface area (Å²) in [6.07, 6.45) is 0.205. The summed E-state index contributed by atoms with van der Waals surface area (Å²) in [6.45, 7) is 9.96. The van der Waals surface area contributed by atoms with E-state index >= 15 is 0 Å². The molecular weight excluding hydrogens is 386 g/mol. The Morgan fingerprint density at radius 2 is 1.76 bits per heavy atom. The molecule has 1 aliphatic heterocycles. The van der Waals surface area contributed by atoms with Crippen molar-refractivity contribution in [1.29, 1.82) is 0 Å². The minimum Gasteiger partial charge on any atom is -0.503 e. The Bertz CT molecular complexity index is 1000. The van der Waals surface area contributed by atoms with Gasteiger partial charge in [0.15, 0.2) is 11.5 Å². The van der Waals surface area contributed by atoms with Crippen LogP contribution < -0.4 is 4.90 Å². The molecule has 3 rings (SSSR count). The Kier molecular flexibility index (Phi) is 5.59. The first-order valence-electron chi connectivity index (χ1n) is 9.72. The van der Waals surface area contributed by atoms with Gasteiger partial charge in [-0.2, -0.15) is 0 Å². The number of hydrogen-bond donors (Lipinski definition) is 1. The lowest BCUT2D eigenvalue weighted by Crippen LogP contribution is -2.31. The number of halogens is 1. The van der Waals surface area contributed by atoms with Crippen LogP contribution in [0.2, 0.25) is 5.02 Å². The maximum Gasteiger partial charge on any atom is 0.294 e. The Morgan fingerprint density at radius 3 is 2.28 bits per heavy atom.